The number of amides is 2. The lowest BCUT2D eigenvalue weighted by molar-refractivity contribution is -0.126. The van der Waals surface area contributed by atoms with E-state index in [9.17, 15) is 18.4 Å². The van der Waals surface area contributed by atoms with Crippen molar-refractivity contribution in [3.05, 3.63) is 35.4 Å². The first-order valence-electron chi connectivity index (χ1n) is 6.54. The Morgan fingerprint density at radius 3 is 2.00 bits per heavy atom. The molecule has 2 amide bonds. The molecule has 0 aliphatic heterocycles. The van der Waals surface area contributed by atoms with E-state index < -0.39 is 17.4 Å². The summed E-state index contributed by atoms with van der Waals surface area (Å²) in [4.78, 5) is 22.6. The minimum absolute atomic E-state index is 0.0955. The average molecular weight is 298 g/mol. The fourth-order valence-corrected chi connectivity index (χ4v) is 2.18. The highest BCUT2D eigenvalue weighted by molar-refractivity contribution is 5.85. The Balaban J connectivity index is 3.15. The van der Waals surface area contributed by atoms with E-state index in [0.717, 1.165) is 6.92 Å². The van der Waals surface area contributed by atoms with Crippen molar-refractivity contribution in [3.8, 4) is 0 Å². The molecule has 0 radical (unpaired) electrons. The van der Waals surface area contributed by atoms with Crippen LogP contribution in [0.5, 0.6) is 0 Å². The summed E-state index contributed by atoms with van der Waals surface area (Å²) in [5.74, 6) is -3.26. The molecular formula is C15H20F2N2O2. The topological polar surface area (TPSA) is 58.2 Å². The van der Waals surface area contributed by atoms with Crippen molar-refractivity contribution < 1.29 is 18.4 Å². The summed E-state index contributed by atoms with van der Waals surface area (Å²) in [7, 11) is 1.47. The summed E-state index contributed by atoms with van der Waals surface area (Å²) in [6.45, 7) is 4.36. The highest BCUT2D eigenvalue weighted by Gasteiger charge is 2.36. The Kier molecular flexibility index (Phi) is 5.04. The van der Waals surface area contributed by atoms with Crippen molar-refractivity contribution in [3.63, 3.8) is 0 Å². The first kappa shape index (κ1) is 17.1. The predicted octanol–water partition coefficient (Wildman–Crippen LogP) is 1.94. The molecule has 1 aromatic rings. The van der Waals surface area contributed by atoms with Gasteiger partial charge in [-0.3, -0.25) is 9.59 Å². The van der Waals surface area contributed by atoms with E-state index in [0.29, 0.717) is 12.0 Å². The van der Waals surface area contributed by atoms with E-state index in [1.54, 1.807) is 26.0 Å². The fourth-order valence-electron chi connectivity index (χ4n) is 2.18. The van der Waals surface area contributed by atoms with Gasteiger partial charge in [-0.15, -0.1) is 0 Å². The standard InChI is InChI=1S/C15H20F2N2O2/c1-14(2,12(19-9-20)13(21)18-4)10-5-7-11(8-6-10)15(3,16)17/h5-9,12H,1-4H3,(H,18,21)(H,19,20). The molecule has 6 heteroatoms. The van der Waals surface area contributed by atoms with Crippen molar-refractivity contribution in [2.75, 3.05) is 7.05 Å². The van der Waals surface area contributed by atoms with Crippen molar-refractivity contribution in [2.24, 2.45) is 0 Å². The van der Waals surface area contributed by atoms with Crippen LogP contribution in [0.3, 0.4) is 0 Å². The zero-order valence-corrected chi connectivity index (χ0v) is 12.5. The first-order valence-corrected chi connectivity index (χ1v) is 6.54. The molecule has 0 bridgehead atoms. The Hall–Kier alpha value is -1.98. The lowest BCUT2D eigenvalue weighted by Gasteiger charge is -2.33. The van der Waals surface area contributed by atoms with Crippen LogP contribution in [0.25, 0.3) is 0 Å². The van der Waals surface area contributed by atoms with Crippen LogP contribution >= 0.6 is 0 Å². The minimum atomic E-state index is -2.91. The SMILES string of the molecule is CNC(=O)C(NC=O)C(C)(C)c1ccc(C(C)(F)F)cc1. The van der Waals surface area contributed by atoms with Gasteiger partial charge in [-0.2, -0.15) is 0 Å². The molecule has 0 spiro atoms. The van der Waals surface area contributed by atoms with Crippen LogP contribution < -0.4 is 10.6 Å². The summed E-state index contributed by atoms with van der Waals surface area (Å²) in [5, 5.41) is 4.96. The second kappa shape index (κ2) is 6.20. The van der Waals surface area contributed by atoms with Gasteiger partial charge in [0, 0.05) is 24.9 Å². The van der Waals surface area contributed by atoms with Crippen molar-refractivity contribution in [1.82, 2.24) is 10.6 Å². The third kappa shape index (κ3) is 3.77. The third-order valence-corrected chi connectivity index (χ3v) is 3.60. The van der Waals surface area contributed by atoms with Gasteiger partial charge in [0.15, 0.2) is 0 Å². The molecule has 0 aliphatic rings. The van der Waals surface area contributed by atoms with Crippen LogP contribution in [0.1, 0.15) is 31.9 Å². The Labute approximate surface area is 122 Å². The maximum absolute atomic E-state index is 13.2. The number of carbonyl (C=O) groups excluding carboxylic acids is 2. The number of hydrogen-bond acceptors (Lipinski definition) is 2. The van der Waals surface area contributed by atoms with Gasteiger partial charge in [-0.25, -0.2) is 8.78 Å². The van der Waals surface area contributed by atoms with Gasteiger partial charge in [0.2, 0.25) is 12.3 Å². The molecule has 0 aromatic heterocycles. The van der Waals surface area contributed by atoms with Crippen molar-refractivity contribution >= 4 is 12.3 Å². The molecule has 4 nitrogen and oxygen atoms in total. The quantitative estimate of drug-likeness (QED) is 0.789. The van der Waals surface area contributed by atoms with Gasteiger partial charge in [-0.05, 0) is 5.56 Å². The van der Waals surface area contributed by atoms with Crippen molar-refractivity contribution in [1.29, 1.82) is 0 Å². The number of benzene rings is 1. The van der Waals surface area contributed by atoms with Gasteiger partial charge in [0.25, 0.3) is 5.92 Å². The fraction of sp³-hybridized carbons (Fsp3) is 0.467. The molecule has 0 heterocycles. The lowest BCUT2D eigenvalue weighted by Crippen LogP contribution is -2.53. The van der Waals surface area contributed by atoms with Crippen LogP contribution in [0, 0.1) is 0 Å². The summed E-state index contributed by atoms with van der Waals surface area (Å²) in [5.41, 5.74) is -0.164. The maximum atomic E-state index is 13.2. The van der Waals surface area contributed by atoms with Gasteiger partial charge in [-0.1, -0.05) is 38.1 Å². The van der Waals surface area contributed by atoms with E-state index in [-0.39, 0.29) is 11.5 Å². The largest absolute Gasteiger partial charge is 0.357 e. The second-order valence-corrected chi connectivity index (χ2v) is 5.52. The van der Waals surface area contributed by atoms with Crippen LogP contribution in [0.2, 0.25) is 0 Å². The molecule has 1 aromatic carbocycles. The zero-order chi connectivity index (χ0) is 16.3. The molecule has 1 unspecified atom stereocenters. The molecule has 0 aliphatic carbocycles. The van der Waals surface area contributed by atoms with E-state index in [2.05, 4.69) is 10.6 Å². The summed E-state index contributed by atoms with van der Waals surface area (Å²) in [6, 6.07) is 4.97. The van der Waals surface area contributed by atoms with Crippen LogP contribution in [0.4, 0.5) is 8.78 Å². The van der Waals surface area contributed by atoms with Crippen LogP contribution in [-0.2, 0) is 20.9 Å². The molecule has 116 valence electrons. The highest BCUT2D eigenvalue weighted by Crippen LogP contribution is 2.31. The average Bonchev–Trinajstić information content (AvgIpc) is 2.43. The van der Waals surface area contributed by atoms with E-state index in [4.69, 9.17) is 0 Å². The second-order valence-electron chi connectivity index (χ2n) is 5.52. The molecule has 0 saturated heterocycles. The summed E-state index contributed by atoms with van der Waals surface area (Å²) in [6.07, 6.45) is 0.455. The van der Waals surface area contributed by atoms with Crippen molar-refractivity contribution in [2.45, 2.75) is 38.2 Å². The number of rotatable bonds is 6. The first-order chi connectivity index (χ1) is 9.64. The Morgan fingerprint density at radius 2 is 1.62 bits per heavy atom. The lowest BCUT2D eigenvalue weighted by atomic mass is 9.77. The monoisotopic (exact) mass is 298 g/mol. The molecule has 1 atom stereocenters. The Morgan fingerprint density at radius 1 is 1.14 bits per heavy atom. The van der Waals surface area contributed by atoms with Crippen LogP contribution in [0.15, 0.2) is 24.3 Å². The molecule has 0 fully saturated rings. The minimum Gasteiger partial charge on any atom is -0.357 e. The third-order valence-electron chi connectivity index (χ3n) is 3.60. The molecule has 2 N–H and O–H groups in total. The smallest absolute Gasteiger partial charge is 0.270 e. The number of likely N-dealkylation sites (N-methyl/N-ethyl adjacent to an activating group) is 1. The number of carbonyl (C=O) groups is 2. The molecular weight excluding hydrogens is 278 g/mol. The van der Waals surface area contributed by atoms with Gasteiger partial charge in [0.05, 0.1) is 0 Å². The zero-order valence-electron chi connectivity index (χ0n) is 12.5. The molecule has 1 rings (SSSR count). The highest BCUT2D eigenvalue weighted by atomic mass is 19.3. The summed E-state index contributed by atoms with van der Waals surface area (Å²) >= 11 is 0. The normalized spacial score (nSPS) is 13.4. The number of halogens is 2. The van der Waals surface area contributed by atoms with Gasteiger partial charge >= 0.3 is 0 Å². The number of nitrogens with one attached hydrogen (secondary N) is 2. The van der Waals surface area contributed by atoms with E-state index >= 15 is 0 Å². The Bertz CT molecular complexity index is 507. The van der Waals surface area contributed by atoms with E-state index in [1.807, 2.05) is 0 Å². The number of alkyl halides is 2. The van der Waals surface area contributed by atoms with E-state index in [1.165, 1.54) is 19.2 Å². The molecule has 21 heavy (non-hydrogen) atoms. The van der Waals surface area contributed by atoms with Gasteiger partial charge < -0.3 is 10.6 Å². The van der Waals surface area contributed by atoms with Crippen LogP contribution in [-0.4, -0.2) is 25.4 Å². The maximum Gasteiger partial charge on any atom is 0.270 e. The predicted molar refractivity (Wildman–Crippen MR) is 76.1 cm³/mol. The number of hydrogen-bond donors (Lipinski definition) is 2. The van der Waals surface area contributed by atoms with Gasteiger partial charge in [0.1, 0.15) is 6.04 Å². The molecule has 0 saturated carbocycles. The summed E-state index contributed by atoms with van der Waals surface area (Å²) < 4.78 is 26.4.